The van der Waals surface area contributed by atoms with Crippen LogP contribution in [0.5, 0.6) is 0 Å². The molecule has 0 saturated heterocycles. The van der Waals surface area contributed by atoms with Crippen molar-refractivity contribution in [1.82, 2.24) is 0 Å². The normalized spacial score (nSPS) is 14.5. The smallest absolute Gasteiger partial charge is 0.164 e. The Morgan fingerprint density at radius 3 is 3.07 bits per heavy atom. The second kappa shape index (κ2) is 4.15. The molecule has 74 valence electrons. The molecule has 0 unspecified atom stereocenters. The zero-order valence-electron chi connectivity index (χ0n) is 7.89. The van der Waals surface area contributed by atoms with Gasteiger partial charge in [0.15, 0.2) is 6.73 Å². The van der Waals surface area contributed by atoms with Crippen LogP contribution in [0.4, 0.5) is 5.69 Å². The number of nitrogens with zero attached hydrogens (tertiary/aromatic N) is 1. The van der Waals surface area contributed by atoms with Gasteiger partial charge in [0.2, 0.25) is 0 Å². The summed E-state index contributed by atoms with van der Waals surface area (Å²) in [5.74, 6) is 0. The van der Waals surface area contributed by atoms with Crippen molar-refractivity contribution in [2.24, 2.45) is 0 Å². The molecular weight excluding hydrogens is 178 g/mol. The van der Waals surface area contributed by atoms with Crippen molar-refractivity contribution >= 4 is 5.69 Å². The number of aliphatic hydroxyl groups excluding tert-OH is 1. The Labute approximate surface area is 83.2 Å². The maximum atomic E-state index is 8.82. The molecule has 1 aliphatic rings. The second-order valence-electron chi connectivity index (χ2n) is 3.19. The van der Waals surface area contributed by atoms with Gasteiger partial charge < -0.3 is 14.7 Å². The van der Waals surface area contributed by atoms with Crippen LogP contribution in [0.1, 0.15) is 5.56 Å². The Hall–Kier alpha value is -1.48. The van der Waals surface area contributed by atoms with E-state index in [1.54, 1.807) is 6.26 Å². The minimum absolute atomic E-state index is 0.190. The van der Waals surface area contributed by atoms with Crippen molar-refractivity contribution in [2.75, 3.05) is 18.2 Å². The first-order valence-corrected chi connectivity index (χ1v) is 4.65. The van der Waals surface area contributed by atoms with Crippen molar-refractivity contribution in [2.45, 2.75) is 6.42 Å². The average molecular weight is 191 g/mol. The van der Waals surface area contributed by atoms with Crippen LogP contribution in [0.15, 0.2) is 36.7 Å². The fourth-order valence-electron chi connectivity index (χ4n) is 1.46. The van der Waals surface area contributed by atoms with Crippen LogP contribution in [0.2, 0.25) is 0 Å². The van der Waals surface area contributed by atoms with Gasteiger partial charge in [0.1, 0.15) is 6.26 Å². The Morgan fingerprint density at radius 2 is 2.36 bits per heavy atom. The first kappa shape index (κ1) is 9.09. The van der Waals surface area contributed by atoms with Crippen LogP contribution in [-0.2, 0) is 11.2 Å². The van der Waals surface area contributed by atoms with Crippen molar-refractivity contribution in [1.29, 1.82) is 0 Å². The van der Waals surface area contributed by atoms with Gasteiger partial charge in [0.25, 0.3) is 0 Å². The molecule has 1 N–H and O–H groups in total. The Morgan fingerprint density at radius 1 is 1.43 bits per heavy atom. The number of ether oxygens (including phenoxy) is 1. The molecule has 0 radical (unpaired) electrons. The standard InChI is InChI=1S/C11H13NO2/c13-6-4-10-2-1-3-11(8-10)12-5-7-14-9-12/h1-3,5,7-8,13H,4,6,9H2. The van der Waals surface area contributed by atoms with Crippen LogP contribution in [0.3, 0.4) is 0 Å². The molecule has 3 nitrogen and oxygen atoms in total. The number of benzene rings is 1. The van der Waals surface area contributed by atoms with Crippen LogP contribution >= 0.6 is 0 Å². The number of aliphatic hydroxyl groups is 1. The third-order valence-electron chi connectivity index (χ3n) is 2.19. The summed E-state index contributed by atoms with van der Waals surface area (Å²) >= 11 is 0. The van der Waals surface area contributed by atoms with E-state index in [0.717, 1.165) is 11.3 Å². The van der Waals surface area contributed by atoms with E-state index in [1.807, 2.05) is 29.3 Å². The summed E-state index contributed by atoms with van der Waals surface area (Å²) in [6.07, 6.45) is 4.28. The van der Waals surface area contributed by atoms with Gasteiger partial charge in [-0.15, -0.1) is 0 Å². The monoisotopic (exact) mass is 191 g/mol. The Balaban J connectivity index is 2.16. The molecular formula is C11H13NO2. The van der Waals surface area contributed by atoms with Gasteiger partial charge in [-0.3, -0.25) is 0 Å². The first-order chi connectivity index (χ1) is 6.90. The molecule has 0 fully saturated rings. The lowest BCUT2D eigenvalue weighted by molar-refractivity contribution is 0.282. The molecule has 0 amide bonds. The van der Waals surface area contributed by atoms with Gasteiger partial charge in [0, 0.05) is 18.5 Å². The number of hydrogen-bond donors (Lipinski definition) is 1. The molecule has 0 aliphatic carbocycles. The largest absolute Gasteiger partial charge is 0.479 e. The predicted octanol–water partition coefficient (Wildman–Crippen LogP) is 1.49. The molecule has 1 aromatic carbocycles. The van der Waals surface area contributed by atoms with E-state index in [-0.39, 0.29) is 6.61 Å². The van der Waals surface area contributed by atoms with E-state index in [4.69, 9.17) is 9.84 Å². The number of hydrogen-bond acceptors (Lipinski definition) is 3. The van der Waals surface area contributed by atoms with Crippen molar-refractivity contribution < 1.29 is 9.84 Å². The molecule has 1 heterocycles. The van der Waals surface area contributed by atoms with Crippen LogP contribution in [-0.4, -0.2) is 18.4 Å². The maximum absolute atomic E-state index is 8.82. The SMILES string of the molecule is OCCc1cccc(N2C=COC2)c1. The van der Waals surface area contributed by atoms with Gasteiger partial charge in [-0.05, 0) is 24.1 Å². The molecule has 0 aromatic heterocycles. The quantitative estimate of drug-likeness (QED) is 0.785. The van der Waals surface area contributed by atoms with Gasteiger partial charge in [-0.2, -0.15) is 0 Å². The Kier molecular flexibility index (Phi) is 2.70. The fourth-order valence-corrected chi connectivity index (χ4v) is 1.46. The summed E-state index contributed by atoms with van der Waals surface area (Å²) in [5, 5.41) is 8.82. The lowest BCUT2D eigenvalue weighted by Gasteiger charge is -2.14. The van der Waals surface area contributed by atoms with Crippen LogP contribution in [0.25, 0.3) is 0 Å². The van der Waals surface area contributed by atoms with E-state index in [2.05, 4.69) is 6.07 Å². The van der Waals surface area contributed by atoms with E-state index in [9.17, 15) is 0 Å². The molecule has 0 spiro atoms. The van der Waals surface area contributed by atoms with Crippen LogP contribution in [0, 0.1) is 0 Å². The number of rotatable bonds is 3. The summed E-state index contributed by atoms with van der Waals surface area (Å²) in [5.41, 5.74) is 2.25. The van der Waals surface area contributed by atoms with E-state index >= 15 is 0 Å². The lowest BCUT2D eigenvalue weighted by atomic mass is 10.1. The lowest BCUT2D eigenvalue weighted by Crippen LogP contribution is -2.13. The minimum Gasteiger partial charge on any atom is -0.479 e. The van der Waals surface area contributed by atoms with E-state index < -0.39 is 0 Å². The molecule has 0 bridgehead atoms. The zero-order valence-corrected chi connectivity index (χ0v) is 7.89. The topological polar surface area (TPSA) is 32.7 Å². The summed E-state index contributed by atoms with van der Waals surface area (Å²) in [6.45, 7) is 0.762. The zero-order chi connectivity index (χ0) is 9.80. The number of anilines is 1. The molecule has 14 heavy (non-hydrogen) atoms. The highest BCUT2D eigenvalue weighted by Gasteiger charge is 2.07. The Bertz CT molecular complexity index is 336. The third-order valence-corrected chi connectivity index (χ3v) is 2.19. The predicted molar refractivity (Wildman–Crippen MR) is 54.8 cm³/mol. The molecule has 0 saturated carbocycles. The first-order valence-electron chi connectivity index (χ1n) is 4.65. The van der Waals surface area contributed by atoms with Gasteiger partial charge >= 0.3 is 0 Å². The summed E-state index contributed by atoms with van der Waals surface area (Å²) in [6, 6.07) is 8.10. The van der Waals surface area contributed by atoms with Crippen molar-refractivity contribution in [3.05, 3.63) is 42.3 Å². The maximum Gasteiger partial charge on any atom is 0.164 e. The summed E-state index contributed by atoms with van der Waals surface area (Å²) in [4.78, 5) is 2.01. The van der Waals surface area contributed by atoms with Crippen molar-refractivity contribution in [3.8, 4) is 0 Å². The third kappa shape index (κ3) is 1.88. The van der Waals surface area contributed by atoms with Gasteiger partial charge in [-0.25, -0.2) is 0 Å². The highest BCUT2D eigenvalue weighted by Crippen LogP contribution is 2.19. The van der Waals surface area contributed by atoms with Crippen molar-refractivity contribution in [3.63, 3.8) is 0 Å². The highest BCUT2D eigenvalue weighted by atomic mass is 16.5. The molecule has 0 atom stereocenters. The molecule has 1 aromatic rings. The fraction of sp³-hybridized carbons (Fsp3) is 0.273. The highest BCUT2D eigenvalue weighted by molar-refractivity contribution is 5.51. The van der Waals surface area contributed by atoms with Gasteiger partial charge in [-0.1, -0.05) is 12.1 Å². The molecule has 3 heteroatoms. The van der Waals surface area contributed by atoms with E-state index in [1.165, 1.54) is 0 Å². The summed E-state index contributed by atoms with van der Waals surface area (Å²) in [7, 11) is 0. The minimum atomic E-state index is 0.190. The van der Waals surface area contributed by atoms with E-state index in [0.29, 0.717) is 13.2 Å². The molecule has 2 rings (SSSR count). The second-order valence-corrected chi connectivity index (χ2v) is 3.19. The average Bonchev–Trinajstić information content (AvgIpc) is 2.71. The van der Waals surface area contributed by atoms with Gasteiger partial charge in [0.05, 0.1) is 0 Å². The summed E-state index contributed by atoms with van der Waals surface area (Å²) < 4.78 is 5.11. The van der Waals surface area contributed by atoms with Crippen LogP contribution < -0.4 is 4.90 Å². The molecule has 1 aliphatic heterocycles.